The second kappa shape index (κ2) is 5.88. The molecule has 3 nitrogen and oxygen atoms in total. The van der Waals surface area contributed by atoms with Crippen LogP contribution in [-0.2, 0) is 0 Å². The minimum absolute atomic E-state index is 0.210. The van der Waals surface area contributed by atoms with E-state index < -0.39 is 0 Å². The van der Waals surface area contributed by atoms with Gasteiger partial charge in [0.05, 0.1) is 22.6 Å². The fraction of sp³-hybridized carbons (Fsp3) is 0.273. The minimum Gasteiger partial charge on any atom is -0.351 e. The number of hydrogen-bond donors (Lipinski definition) is 1. The molecule has 1 amide bonds. The Balaban J connectivity index is 2.71. The summed E-state index contributed by atoms with van der Waals surface area (Å²) in [6.07, 6.45) is 0. The van der Waals surface area contributed by atoms with E-state index in [0.29, 0.717) is 17.1 Å². The molecule has 0 aromatic heterocycles. The van der Waals surface area contributed by atoms with Crippen LogP contribution in [-0.4, -0.2) is 12.5 Å². The predicted octanol–water partition coefficient (Wildman–Crippen LogP) is 2.99. The first-order valence-corrected chi connectivity index (χ1v) is 5.84. The third-order valence-electron chi connectivity index (χ3n) is 1.96. The van der Waals surface area contributed by atoms with Gasteiger partial charge in [-0.3, -0.25) is 4.79 Å². The summed E-state index contributed by atoms with van der Waals surface area (Å²) in [5.74, 6) is -0.474. The second-order valence-electron chi connectivity index (χ2n) is 3.36. The summed E-state index contributed by atoms with van der Waals surface area (Å²) in [5.41, 5.74) is 0.412. The summed E-state index contributed by atoms with van der Waals surface area (Å²) < 4.78 is 0.819. The summed E-state index contributed by atoms with van der Waals surface area (Å²) in [6, 6.07) is 7.08. The zero-order valence-electron chi connectivity index (χ0n) is 8.63. The van der Waals surface area contributed by atoms with E-state index in [-0.39, 0.29) is 11.8 Å². The van der Waals surface area contributed by atoms with Gasteiger partial charge in [-0.05, 0) is 25.1 Å². The molecule has 1 N–H and O–H groups in total. The Morgan fingerprint density at radius 2 is 2.38 bits per heavy atom. The lowest BCUT2D eigenvalue weighted by molar-refractivity contribution is 0.0951. The molecule has 0 bridgehead atoms. The molecule has 0 aliphatic rings. The number of hydrogen-bond acceptors (Lipinski definition) is 2. The lowest BCUT2D eigenvalue weighted by Gasteiger charge is -2.07. The molecule has 5 heteroatoms. The Labute approximate surface area is 108 Å². The van der Waals surface area contributed by atoms with E-state index in [2.05, 4.69) is 21.2 Å². The topological polar surface area (TPSA) is 52.9 Å². The van der Waals surface area contributed by atoms with Crippen LogP contribution in [0, 0.1) is 17.2 Å². The molecule has 1 unspecified atom stereocenters. The molecule has 0 saturated heterocycles. The van der Waals surface area contributed by atoms with Crippen molar-refractivity contribution in [2.75, 3.05) is 6.54 Å². The van der Waals surface area contributed by atoms with Gasteiger partial charge in [0.25, 0.3) is 5.91 Å². The lowest BCUT2D eigenvalue weighted by Crippen LogP contribution is -2.27. The van der Waals surface area contributed by atoms with Crippen LogP contribution in [0.3, 0.4) is 0 Å². The first-order chi connectivity index (χ1) is 7.54. The first kappa shape index (κ1) is 13.0. The molecular weight excluding hydrogens is 291 g/mol. The maximum Gasteiger partial charge on any atom is 0.252 e. The van der Waals surface area contributed by atoms with Crippen LogP contribution >= 0.6 is 27.5 Å². The average molecular weight is 302 g/mol. The van der Waals surface area contributed by atoms with E-state index in [1.807, 2.05) is 6.07 Å². The van der Waals surface area contributed by atoms with Gasteiger partial charge in [-0.15, -0.1) is 0 Å². The molecule has 0 heterocycles. The van der Waals surface area contributed by atoms with E-state index in [9.17, 15) is 4.79 Å². The zero-order chi connectivity index (χ0) is 12.1. The van der Waals surface area contributed by atoms with E-state index >= 15 is 0 Å². The van der Waals surface area contributed by atoms with E-state index in [0.717, 1.165) is 4.47 Å². The van der Waals surface area contributed by atoms with Crippen molar-refractivity contribution in [1.82, 2.24) is 5.32 Å². The number of nitrogens with one attached hydrogen (secondary N) is 1. The molecule has 1 aromatic carbocycles. The number of amides is 1. The number of carbonyl (C=O) groups excluding carboxylic acids is 1. The van der Waals surface area contributed by atoms with Gasteiger partial charge in [-0.25, -0.2) is 0 Å². The van der Waals surface area contributed by atoms with Gasteiger partial charge in [0.1, 0.15) is 0 Å². The van der Waals surface area contributed by atoms with Gasteiger partial charge < -0.3 is 5.32 Å². The van der Waals surface area contributed by atoms with Crippen molar-refractivity contribution in [2.45, 2.75) is 6.92 Å². The van der Waals surface area contributed by atoms with Crippen molar-refractivity contribution < 1.29 is 4.79 Å². The molecule has 1 aromatic rings. The molecular formula is C11H10BrClN2O. The van der Waals surface area contributed by atoms with Crippen molar-refractivity contribution in [3.8, 4) is 6.07 Å². The first-order valence-electron chi connectivity index (χ1n) is 4.67. The van der Waals surface area contributed by atoms with Crippen molar-refractivity contribution in [3.63, 3.8) is 0 Å². The number of halogens is 2. The Bertz CT molecular complexity index is 442. The van der Waals surface area contributed by atoms with Crippen molar-refractivity contribution in [2.24, 2.45) is 5.92 Å². The fourth-order valence-electron chi connectivity index (χ4n) is 1.06. The normalized spacial score (nSPS) is 11.6. The average Bonchev–Trinajstić information content (AvgIpc) is 2.25. The Hall–Kier alpha value is -1.05. The minimum atomic E-state index is -0.264. The third-order valence-corrected chi connectivity index (χ3v) is 2.77. The van der Waals surface area contributed by atoms with Crippen LogP contribution in [0.25, 0.3) is 0 Å². The van der Waals surface area contributed by atoms with E-state index in [1.54, 1.807) is 25.1 Å². The summed E-state index contributed by atoms with van der Waals surface area (Å²) in [4.78, 5) is 11.7. The number of rotatable bonds is 3. The molecule has 1 atom stereocenters. The molecule has 0 radical (unpaired) electrons. The third kappa shape index (κ3) is 3.51. The quantitative estimate of drug-likeness (QED) is 0.933. The lowest BCUT2D eigenvalue weighted by atomic mass is 10.2. The standard InChI is InChI=1S/C11H10BrClN2O/c1-7(5-14)6-15-11(16)9-3-2-8(12)4-10(9)13/h2-4,7H,6H2,1H3,(H,15,16). The van der Waals surface area contributed by atoms with Crippen LogP contribution in [0.15, 0.2) is 22.7 Å². The van der Waals surface area contributed by atoms with Crippen LogP contribution in [0.5, 0.6) is 0 Å². The second-order valence-corrected chi connectivity index (χ2v) is 4.69. The molecule has 0 spiro atoms. The highest BCUT2D eigenvalue weighted by Crippen LogP contribution is 2.21. The van der Waals surface area contributed by atoms with Crippen LogP contribution in [0.2, 0.25) is 5.02 Å². The molecule has 1 rings (SSSR count). The van der Waals surface area contributed by atoms with Crippen LogP contribution in [0.1, 0.15) is 17.3 Å². The van der Waals surface area contributed by atoms with Gasteiger partial charge >= 0.3 is 0 Å². The molecule has 0 fully saturated rings. The summed E-state index contributed by atoms with van der Waals surface area (Å²) in [6.45, 7) is 2.06. The SMILES string of the molecule is CC(C#N)CNC(=O)c1ccc(Br)cc1Cl. The monoisotopic (exact) mass is 300 g/mol. The highest BCUT2D eigenvalue weighted by atomic mass is 79.9. The Morgan fingerprint density at radius 1 is 1.69 bits per heavy atom. The summed E-state index contributed by atoms with van der Waals surface area (Å²) >= 11 is 9.18. The van der Waals surface area contributed by atoms with Crippen molar-refractivity contribution in [3.05, 3.63) is 33.3 Å². The highest BCUT2D eigenvalue weighted by Gasteiger charge is 2.11. The van der Waals surface area contributed by atoms with Gasteiger partial charge in [0, 0.05) is 11.0 Å². The highest BCUT2D eigenvalue weighted by molar-refractivity contribution is 9.10. The van der Waals surface area contributed by atoms with Crippen molar-refractivity contribution >= 4 is 33.4 Å². The molecule has 0 saturated carbocycles. The van der Waals surface area contributed by atoms with E-state index in [4.69, 9.17) is 16.9 Å². The molecule has 0 aliphatic carbocycles. The molecule has 84 valence electrons. The Kier molecular flexibility index (Phi) is 4.78. The number of benzene rings is 1. The number of carbonyl (C=O) groups is 1. The van der Waals surface area contributed by atoms with Crippen LogP contribution in [0.4, 0.5) is 0 Å². The van der Waals surface area contributed by atoms with Crippen LogP contribution < -0.4 is 5.32 Å². The maximum atomic E-state index is 11.7. The summed E-state index contributed by atoms with van der Waals surface area (Å²) in [5, 5.41) is 11.6. The zero-order valence-corrected chi connectivity index (χ0v) is 11.0. The molecule has 16 heavy (non-hydrogen) atoms. The maximum absolute atomic E-state index is 11.7. The molecule has 0 aliphatic heterocycles. The van der Waals surface area contributed by atoms with Gasteiger partial charge in [-0.2, -0.15) is 5.26 Å². The largest absolute Gasteiger partial charge is 0.351 e. The van der Waals surface area contributed by atoms with Gasteiger partial charge in [0.2, 0.25) is 0 Å². The Morgan fingerprint density at radius 3 is 2.94 bits per heavy atom. The predicted molar refractivity (Wildman–Crippen MR) is 66.3 cm³/mol. The van der Waals surface area contributed by atoms with Gasteiger partial charge in [-0.1, -0.05) is 27.5 Å². The number of nitrogens with zero attached hydrogens (tertiary/aromatic N) is 1. The van der Waals surface area contributed by atoms with Crippen molar-refractivity contribution in [1.29, 1.82) is 5.26 Å². The fourth-order valence-corrected chi connectivity index (χ4v) is 1.82. The summed E-state index contributed by atoms with van der Waals surface area (Å²) in [7, 11) is 0. The van der Waals surface area contributed by atoms with E-state index in [1.165, 1.54) is 0 Å². The smallest absolute Gasteiger partial charge is 0.252 e. The number of nitriles is 1. The van der Waals surface area contributed by atoms with Gasteiger partial charge in [0.15, 0.2) is 0 Å².